The lowest BCUT2D eigenvalue weighted by molar-refractivity contribution is -0.141. The van der Waals surface area contributed by atoms with Crippen LogP contribution in [0.3, 0.4) is 0 Å². The van der Waals surface area contributed by atoms with Crippen LogP contribution in [0.5, 0.6) is 0 Å². The average Bonchev–Trinajstić information content (AvgIpc) is 2.27. The zero-order valence-corrected chi connectivity index (χ0v) is 10.6. The van der Waals surface area contributed by atoms with E-state index in [1.165, 1.54) is 19.3 Å². The maximum atomic E-state index is 10.2. The fourth-order valence-electron chi connectivity index (χ4n) is 1.71. The molecule has 0 aromatic heterocycles. The largest absolute Gasteiger partial charge is 0.481 e. The normalized spacial score (nSPS) is 18.4. The third-order valence-corrected chi connectivity index (χ3v) is 2.99. The summed E-state index contributed by atoms with van der Waals surface area (Å²) in [5.41, 5.74) is 0. The van der Waals surface area contributed by atoms with E-state index in [0.29, 0.717) is 0 Å². The van der Waals surface area contributed by atoms with E-state index >= 15 is 0 Å². The minimum Gasteiger partial charge on any atom is -0.481 e. The molecule has 3 nitrogen and oxygen atoms in total. The second-order valence-corrected chi connectivity index (χ2v) is 4.67. The van der Waals surface area contributed by atoms with Gasteiger partial charge in [0.25, 0.3) is 0 Å². The molecule has 1 saturated carbocycles. The van der Waals surface area contributed by atoms with E-state index in [9.17, 15) is 4.79 Å². The lowest BCUT2D eigenvalue weighted by Crippen LogP contribution is -2.09. The van der Waals surface area contributed by atoms with Crippen LogP contribution in [0, 0.1) is 5.92 Å². The van der Waals surface area contributed by atoms with Crippen molar-refractivity contribution in [3.63, 3.8) is 0 Å². The minimum absolute atomic E-state index is 0.0359. The smallest absolute Gasteiger partial charge is 0.306 e. The van der Waals surface area contributed by atoms with Gasteiger partial charge in [-0.05, 0) is 19.3 Å². The van der Waals surface area contributed by atoms with Crippen LogP contribution in [0.15, 0.2) is 0 Å². The Morgan fingerprint density at radius 1 is 1.31 bits per heavy atom. The molecule has 16 heavy (non-hydrogen) atoms. The first-order valence-corrected chi connectivity index (χ1v) is 6.48. The first-order chi connectivity index (χ1) is 7.57. The van der Waals surface area contributed by atoms with E-state index < -0.39 is 5.97 Å². The monoisotopic (exact) mass is 230 g/mol. The average molecular weight is 230 g/mol. The maximum Gasteiger partial charge on any atom is 0.306 e. The summed E-state index contributed by atoms with van der Waals surface area (Å²) in [5.74, 6) is -0.839. The highest BCUT2D eigenvalue weighted by Crippen LogP contribution is 2.16. The second-order valence-electron chi connectivity index (χ2n) is 4.67. The number of hydrogen-bond acceptors (Lipinski definition) is 2. The highest BCUT2D eigenvalue weighted by molar-refractivity contribution is 5.69. The Labute approximate surface area is 98.9 Å². The third kappa shape index (κ3) is 8.72. The van der Waals surface area contributed by atoms with Gasteiger partial charge in [0.1, 0.15) is 0 Å². The van der Waals surface area contributed by atoms with Gasteiger partial charge in [0.15, 0.2) is 0 Å². The Bertz CT molecular complexity index is 174. The van der Waals surface area contributed by atoms with Crippen molar-refractivity contribution in [1.29, 1.82) is 0 Å². The van der Waals surface area contributed by atoms with Crippen LogP contribution in [0.25, 0.3) is 0 Å². The van der Waals surface area contributed by atoms with Gasteiger partial charge in [-0.15, -0.1) is 0 Å². The number of aliphatic hydroxyl groups excluding tert-OH is 1. The van der Waals surface area contributed by atoms with E-state index in [0.717, 1.165) is 32.1 Å². The van der Waals surface area contributed by atoms with Crippen molar-refractivity contribution in [1.82, 2.24) is 0 Å². The number of carboxylic acid groups (broad SMARTS) is 1. The van der Waals surface area contributed by atoms with Crippen molar-refractivity contribution >= 4 is 5.97 Å². The van der Waals surface area contributed by atoms with Gasteiger partial charge in [0.2, 0.25) is 0 Å². The van der Waals surface area contributed by atoms with Gasteiger partial charge in [-0.2, -0.15) is 0 Å². The molecular weight excluding hydrogens is 204 g/mol. The van der Waals surface area contributed by atoms with Crippen LogP contribution in [0.2, 0.25) is 0 Å². The molecule has 3 heteroatoms. The van der Waals surface area contributed by atoms with E-state index in [-0.39, 0.29) is 12.0 Å². The molecule has 1 unspecified atom stereocenters. The van der Waals surface area contributed by atoms with Crippen LogP contribution in [-0.4, -0.2) is 22.3 Å². The summed E-state index contributed by atoms with van der Waals surface area (Å²) in [6.45, 7) is 3.81. The van der Waals surface area contributed by atoms with Crippen molar-refractivity contribution in [3.8, 4) is 0 Å². The SMILES string of the molecule is CCCCC(C)C(=O)O.OC1CCCCC1. The molecule has 96 valence electrons. The molecule has 1 rings (SSSR count). The Morgan fingerprint density at radius 2 is 1.88 bits per heavy atom. The van der Waals surface area contributed by atoms with E-state index in [1.807, 2.05) is 0 Å². The summed E-state index contributed by atoms with van der Waals surface area (Å²) in [5, 5.41) is 17.3. The summed E-state index contributed by atoms with van der Waals surface area (Å²) in [6.07, 6.45) is 8.84. The Kier molecular flexibility index (Phi) is 9.30. The van der Waals surface area contributed by atoms with E-state index in [1.54, 1.807) is 6.92 Å². The molecule has 0 aliphatic heterocycles. The number of aliphatic carboxylic acids is 1. The highest BCUT2D eigenvalue weighted by Gasteiger charge is 2.08. The van der Waals surface area contributed by atoms with Crippen LogP contribution >= 0.6 is 0 Å². The van der Waals surface area contributed by atoms with Crippen molar-refractivity contribution < 1.29 is 15.0 Å². The molecule has 1 aliphatic carbocycles. The summed E-state index contributed by atoms with van der Waals surface area (Å²) >= 11 is 0. The lowest BCUT2D eigenvalue weighted by Gasteiger charge is -2.14. The molecule has 0 bridgehead atoms. The van der Waals surface area contributed by atoms with Gasteiger partial charge in [0, 0.05) is 0 Å². The molecule has 0 amide bonds. The molecule has 0 aromatic carbocycles. The third-order valence-electron chi connectivity index (χ3n) is 2.99. The predicted molar refractivity (Wildman–Crippen MR) is 65.4 cm³/mol. The first kappa shape index (κ1) is 15.4. The quantitative estimate of drug-likeness (QED) is 0.779. The zero-order valence-electron chi connectivity index (χ0n) is 10.6. The van der Waals surface area contributed by atoms with Crippen LogP contribution in [0.1, 0.15) is 65.2 Å². The Hall–Kier alpha value is -0.570. The van der Waals surface area contributed by atoms with Gasteiger partial charge in [-0.3, -0.25) is 4.79 Å². The number of carbonyl (C=O) groups is 1. The van der Waals surface area contributed by atoms with Gasteiger partial charge in [0.05, 0.1) is 12.0 Å². The molecule has 0 spiro atoms. The van der Waals surface area contributed by atoms with Crippen LogP contribution in [-0.2, 0) is 4.79 Å². The van der Waals surface area contributed by atoms with E-state index in [2.05, 4.69) is 6.92 Å². The van der Waals surface area contributed by atoms with Crippen LogP contribution in [0.4, 0.5) is 0 Å². The molecule has 1 atom stereocenters. The zero-order chi connectivity index (χ0) is 12.4. The predicted octanol–water partition coefficient (Wildman–Crippen LogP) is 3.21. The summed E-state index contributed by atoms with van der Waals surface area (Å²) < 4.78 is 0. The van der Waals surface area contributed by atoms with Gasteiger partial charge in [-0.1, -0.05) is 46.0 Å². The summed E-state index contributed by atoms with van der Waals surface area (Å²) in [7, 11) is 0. The van der Waals surface area contributed by atoms with Crippen molar-refractivity contribution in [2.75, 3.05) is 0 Å². The standard InChI is InChI=1S/C7H14O2.C6H12O/c1-3-4-5-6(2)7(8)9;7-6-4-2-1-3-5-6/h6H,3-5H2,1-2H3,(H,8,9);6-7H,1-5H2. The topological polar surface area (TPSA) is 57.5 Å². The van der Waals surface area contributed by atoms with E-state index in [4.69, 9.17) is 10.2 Å². The molecule has 1 fully saturated rings. The molecular formula is C13H26O3. The summed E-state index contributed by atoms with van der Waals surface area (Å²) in [4.78, 5) is 10.2. The second kappa shape index (κ2) is 9.64. The highest BCUT2D eigenvalue weighted by atomic mass is 16.4. The molecule has 0 aromatic rings. The molecule has 2 N–H and O–H groups in total. The number of carboxylic acids is 1. The first-order valence-electron chi connectivity index (χ1n) is 6.48. The number of rotatable bonds is 4. The van der Waals surface area contributed by atoms with Crippen molar-refractivity contribution in [3.05, 3.63) is 0 Å². The van der Waals surface area contributed by atoms with Gasteiger partial charge >= 0.3 is 5.97 Å². The fourth-order valence-corrected chi connectivity index (χ4v) is 1.71. The van der Waals surface area contributed by atoms with Gasteiger partial charge in [-0.25, -0.2) is 0 Å². The minimum atomic E-state index is -0.677. The van der Waals surface area contributed by atoms with Crippen molar-refractivity contribution in [2.24, 2.45) is 5.92 Å². The number of hydrogen-bond donors (Lipinski definition) is 2. The Balaban J connectivity index is 0.000000288. The molecule has 0 radical (unpaired) electrons. The number of unbranched alkanes of at least 4 members (excludes halogenated alkanes) is 1. The van der Waals surface area contributed by atoms with Crippen LogP contribution < -0.4 is 0 Å². The molecule has 0 heterocycles. The Morgan fingerprint density at radius 3 is 2.19 bits per heavy atom. The van der Waals surface area contributed by atoms with Crippen molar-refractivity contribution in [2.45, 2.75) is 71.3 Å². The lowest BCUT2D eigenvalue weighted by atomic mass is 9.98. The summed E-state index contributed by atoms with van der Waals surface area (Å²) in [6, 6.07) is 0. The number of aliphatic hydroxyl groups is 1. The van der Waals surface area contributed by atoms with Gasteiger partial charge < -0.3 is 10.2 Å². The fraction of sp³-hybridized carbons (Fsp3) is 0.923. The molecule has 0 saturated heterocycles. The molecule has 1 aliphatic rings. The maximum absolute atomic E-state index is 10.2.